The second kappa shape index (κ2) is 7.56. The summed E-state index contributed by atoms with van der Waals surface area (Å²) < 4.78 is 5.54. The summed E-state index contributed by atoms with van der Waals surface area (Å²) in [5.41, 5.74) is 0.600. The van der Waals surface area contributed by atoms with Crippen molar-refractivity contribution in [3.05, 3.63) is 29.8 Å². The molecule has 4 atom stereocenters. The topological polar surface area (TPSA) is 46.6 Å². The Morgan fingerprint density at radius 1 is 1.18 bits per heavy atom. The fourth-order valence-corrected chi connectivity index (χ4v) is 6.97. The maximum Gasteiger partial charge on any atom is 0.312 e. The van der Waals surface area contributed by atoms with E-state index in [1.54, 1.807) is 23.7 Å². The molecule has 0 spiro atoms. The lowest BCUT2D eigenvalue weighted by Gasteiger charge is -2.58. The molecule has 4 nitrogen and oxygen atoms in total. The van der Waals surface area contributed by atoms with Crippen LogP contribution in [0.5, 0.6) is 0 Å². The Morgan fingerprint density at radius 3 is 2.39 bits per heavy atom. The van der Waals surface area contributed by atoms with E-state index >= 15 is 0 Å². The van der Waals surface area contributed by atoms with E-state index in [4.69, 9.17) is 16.3 Å². The van der Waals surface area contributed by atoms with Gasteiger partial charge in [0.05, 0.1) is 5.41 Å². The summed E-state index contributed by atoms with van der Waals surface area (Å²) in [6, 6.07) is 8.15. The van der Waals surface area contributed by atoms with Crippen molar-refractivity contribution < 1.29 is 14.3 Å². The minimum atomic E-state index is -0.460. The van der Waals surface area contributed by atoms with Crippen LogP contribution in [-0.4, -0.2) is 41.6 Å². The normalized spacial score (nSPS) is 33.0. The molecule has 4 aliphatic carbocycles. The van der Waals surface area contributed by atoms with Gasteiger partial charge >= 0.3 is 5.97 Å². The van der Waals surface area contributed by atoms with Crippen LogP contribution in [0.1, 0.15) is 44.1 Å². The van der Waals surface area contributed by atoms with E-state index in [0.29, 0.717) is 24.8 Å². The Morgan fingerprint density at radius 2 is 1.82 bits per heavy atom. The molecule has 152 valence electrons. The largest absolute Gasteiger partial charge is 0.455 e. The van der Waals surface area contributed by atoms with Crippen molar-refractivity contribution in [2.75, 3.05) is 19.9 Å². The van der Waals surface area contributed by atoms with Gasteiger partial charge < -0.3 is 9.64 Å². The summed E-state index contributed by atoms with van der Waals surface area (Å²) in [6.45, 7) is 0.315. The third-order valence-corrected chi connectivity index (χ3v) is 7.94. The van der Waals surface area contributed by atoms with Gasteiger partial charge in [0.25, 0.3) is 5.91 Å². The fourth-order valence-electron chi connectivity index (χ4n) is 5.87. The van der Waals surface area contributed by atoms with Crippen molar-refractivity contribution >= 4 is 35.2 Å². The molecule has 0 heterocycles. The third kappa shape index (κ3) is 3.93. The van der Waals surface area contributed by atoms with Crippen molar-refractivity contribution in [2.45, 2.75) is 54.8 Å². The van der Waals surface area contributed by atoms with Crippen LogP contribution in [0.3, 0.4) is 0 Å². The van der Waals surface area contributed by atoms with Gasteiger partial charge in [0.1, 0.15) is 0 Å². The predicted molar refractivity (Wildman–Crippen MR) is 111 cm³/mol. The monoisotopic (exact) mass is 421 g/mol. The van der Waals surface area contributed by atoms with Gasteiger partial charge in [-0.05, 0) is 74.3 Å². The molecule has 0 N–H and O–H groups in total. The second-order valence-electron chi connectivity index (χ2n) is 9.07. The first-order chi connectivity index (χ1) is 13.3. The van der Waals surface area contributed by atoms with Crippen LogP contribution in [0.25, 0.3) is 0 Å². The molecule has 0 aliphatic heterocycles. The number of rotatable bonds is 6. The average molecular weight is 422 g/mol. The molecule has 1 aromatic rings. The number of amides is 1. The van der Waals surface area contributed by atoms with Crippen LogP contribution in [0, 0.1) is 17.3 Å². The number of nitrogens with zero attached hydrogens (tertiary/aromatic N) is 1. The highest BCUT2D eigenvalue weighted by Gasteiger charge is 2.60. The molecule has 4 aliphatic rings. The molecule has 0 aromatic heterocycles. The number of thioether (sulfide) groups is 1. The first kappa shape index (κ1) is 20.1. The van der Waals surface area contributed by atoms with Gasteiger partial charge in [0.15, 0.2) is 6.61 Å². The summed E-state index contributed by atoms with van der Waals surface area (Å²) in [6.07, 6.45) is 7.74. The van der Waals surface area contributed by atoms with Crippen molar-refractivity contribution in [1.29, 1.82) is 0 Å². The van der Waals surface area contributed by atoms with Gasteiger partial charge in [-0.25, -0.2) is 0 Å². The number of likely N-dealkylation sites (N-methyl/N-ethyl adjacent to an activating group) is 1. The van der Waals surface area contributed by atoms with Crippen LogP contribution in [-0.2, 0) is 20.9 Å². The number of carbonyl (C=O) groups excluding carboxylic acids is 2. The van der Waals surface area contributed by atoms with Crippen LogP contribution < -0.4 is 0 Å². The highest BCUT2D eigenvalue weighted by atomic mass is 35.5. The quantitative estimate of drug-likeness (QED) is 0.385. The molecule has 4 fully saturated rings. The van der Waals surface area contributed by atoms with E-state index in [0.717, 1.165) is 31.2 Å². The SMILES string of the molecule is CSc1ccc(CN(C)C(=O)COC(=O)C23C[C@@H]4C[C@@H](CC(Cl)(C4)C2)C3)cc1. The van der Waals surface area contributed by atoms with Gasteiger partial charge in [-0.1, -0.05) is 12.1 Å². The smallest absolute Gasteiger partial charge is 0.312 e. The molecule has 1 amide bonds. The number of alkyl halides is 1. The molecule has 6 heteroatoms. The molecule has 2 unspecified atom stereocenters. The zero-order valence-corrected chi connectivity index (χ0v) is 18.2. The van der Waals surface area contributed by atoms with Crippen LogP contribution in [0.4, 0.5) is 0 Å². The highest BCUT2D eigenvalue weighted by molar-refractivity contribution is 7.98. The molecule has 0 saturated heterocycles. The minimum Gasteiger partial charge on any atom is -0.455 e. The van der Waals surface area contributed by atoms with E-state index < -0.39 is 5.41 Å². The molecule has 4 saturated carbocycles. The zero-order chi connectivity index (χ0) is 19.9. The van der Waals surface area contributed by atoms with Gasteiger partial charge in [0, 0.05) is 23.4 Å². The summed E-state index contributed by atoms with van der Waals surface area (Å²) in [5.74, 6) is 0.688. The van der Waals surface area contributed by atoms with E-state index in [1.165, 1.54) is 11.3 Å². The first-order valence-electron chi connectivity index (χ1n) is 10.0. The van der Waals surface area contributed by atoms with Crippen molar-refractivity contribution in [2.24, 2.45) is 17.3 Å². The lowest BCUT2D eigenvalue weighted by molar-refractivity contribution is -0.173. The second-order valence-corrected chi connectivity index (χ2v) is 10.7. The van der Waals surface area contributed by atoms with Crippen molar-refractivity contribution in [3.8, 4) is 0 Å². The predicted octanol–water partition coefficient (Wildman–Crippen LogP) is 4.49. The van der Waals surface area contributed by atoms with E-state index in [2.05, 4.69) is 0 Å². The number of benzene rings is 1. The number of carbonyl (C=O) groups is 2. The van der Waals surface area contributed by atoms with Crippen LogP contribution in [0.15, 0.2) is 29.2 Å². The van der Waals surface area contributed by atoms with Gasteiger partial charge in [0.2, 0.25) is 0 Å². The Hall–Kier alpha value is -1.20. The standard InChI is InChI=1S/C22H28ClNO3S/c1-24(12-15-3-5-18(28-2)6-4-15)19(25)13-27-20(26)21-8-16-7-17(9-21)11-22(23,10-16)14-21/h3-6,16-17H,7-14H2,1-2H3/t16-,17+,21?,22?. The van der Waals surface area contributed by atoms with Crippen molar-refractivity contribution in [1.82, 2.24) is 4.90 Å². The molecule has 1 aromatic carbocycles. The average Bonchev–Trinajstić information content (AvgIpc) is 2.64. The molecular weight excluding hydrogens is 394 g/mol. The Labute approximate surface area is 176 Å². The van der Waals surface area contributed by atoms with E-state index in [1.807, 2.05) is 30.5 Å². The summed E-state index contributed by atoms with van der Waals surface area (Å²) >= 11 is 8.49. The molecule has 5 rings (SSSR count). The number of halogens is 1. The number of hydrogen-bond acceptors (Lipinski definition) is 4. The van der Waals surface area contributed by atoms with E-state index in [9.17, 15) is 9.59 Å². The van der Waals surface area contributed by atoms with Crippen LogP contribution in [0.2, 0.25) is 0 Å². The Bertz CT molecular complexity index is 752. The summed E-state index contributed by atoms with van der Waals surface area (Å²) in [4.78, 5) is 28.0. The zero-order valence-electron chi connectivity index (χ0n) is 16.6. The molecule has 0 radical (unpaired) electrons. The summed E-state index contributed by atoms with van der Waals surface area (Å²) in [5, 5.41) is 0. The molecular formula is C22H28ClNO3S. The van der Waals surface area contributed by atoms with Gasteiger partial charge in [-0.3, -0.25) is 9.59 Å². The maximum absolute atomic E-state index is 12.9. The van der Waals surface area contributed by atoms with Gasteiger partial charge in [-0.15, -0.1) is 23.4 Å². The molecule has 28 heavy (non-hydrogen) atoms. The fraction of sp³-hybridized carbons (Fsp3) is 0.636. The number of hydrogen-bond donors (Lipinski definition) is 0. The highest BCUT2D eigenvalue weighted by Crippen LogP contribution is 2.64. The first-order valence-corrected chi connectivity index (χ1v) is 11.6. The maximum atomic E-state index is 12.9. The molecule has 4 bridgehead atoms. The lowest BCUT2D eigenvalue weighted by atomic mass is 9.49. The van der Waals surface area contributed by atoms with Crippen molar-refractivity contribution in [3.63, 3.8) is 0 Å². The lowest BCUT2D eigenvalue weighted by Crippen LogP contribution is -2.56. The Balaban J connectivity index is 1.32. The number of ether oxygens (including phenoxy) is 1. The summed E-state index contributed by atoms with van der Waals surface area (Å²) in [7, 11) is 1.75. The minimum absolute atomic E-state index is 0.174. The Kier molecular flexibility index (Phi) is 5.43. The van der Waals surface area contributed by atoms with Gasteiger partial charge in [-0.2, -0.15) is 0 Å². The van der Waals surface area contributed by atoms with E-state index in [-0.39, 0.29) is 23.4 Å². The van der Waals surface area contributed by atoms with Crippen LogP contribution >= 0.6 is 23.4 Å². The number of esters is 1. The third-order valence-electron chi connectivity index (χ3n) is 6.75.